The number of hydrogen-bond donors (Lipinski definition) is 1. The topological polar surface area (TPSA) is 55.6 Å². The van der Waals surface area contributed by atoms with E-state index in [1.54, 1.807) is 6.20 Å². The van der Waals surface area contributed by atoms with Crippen molar-refractivity contribution in [3.8, 4) is 0 Å². The van der Waals surface area contributed by atoms with E-state index in [0.717, 1.165) is 30.8 Å². The summed E-state index contributed by atoms with van der Waals surface area (Å²) in [6.07, 6.45) is 3.56. The minimum atomic E-state index is 0.821. The quantitative estimate of drug-likeness (QED) is 0.718. The van der Waals surface area contributed by atoms with E-state index in [0.29, 0.717) is 0 Å². The van der Waals surface area contributed by atoms with Crippen molar-refractivity contribution < 1.29 is 0 Å². The fraction of sp³-hybridized carbons (Fsp3) is 0.267. The van der Waals surface area contributed by atoms with Gasteiger partial charge in [-0.15, -0.1) is 5.10 Å². The van der Waals surface area contributed by atoms with Crippen molar-refractivity contribution in [2.45, 2.75) is 20.0 Å². The first kappa shape index (κ1) is 12.7. The Hall–Kier alpha value is -2.27. The molecule has 102 valence electrons. The Labute approximate surface area is 117 Å². The Kier molecular flexibility index (Phi) is 3.69. The number of fused-ring (bicyclic) bond motifs is 1. The maximum absolute atomic E-state index is 4.56. The van der Waals surface area contributed by atoms with Gasteiger partial charge in [0.2, 0.25) is 0 Å². The van der Waals surface area contributed by atoms with Crippen LogP contribution < -0.4 is 5.32 Å². The normalized spacial score (nSPS) is 11.1. The van der Waals surface area contributed by atoms with Crippen LogP contribution in [-0.2, 0) is 13.1 Å². The monoisotopic (exact) mass is 267 g/mol. The van der Waals surface area contributed by atoms with Crippen LogP contribution in [0.2, 0.25) is 0 Å². The number of hydrogen-bond acceptors (Lipinski definition) is 4. The average Bonchev–Trinajstić information content (AvgIpc) is 2.96. The molecule has 0 aliphatic carbocycles. The number of aromatic nitrogens is 4. The van der Waals surface area contributed by atoms with Crippen molar-refractivity contribution in [1.82, 2.24) is 25.3 Å². The molecule has 3 aromatic rings. The summed E-state index contributed by atoms with van der Waals surface area (Å²) in [5.74, 6) is 0. The van der Waals surface area contributed by atoms with E-state index < -0.39 is 0 Å². The number of pyridine rings is 1. The lowest BCUT2D eigenvalue weighted by Crippen LogP contribution is -2.20. The van der Waals surface area contributed by atoms with Crippen LogP contribution in [-0.4, -0.2) is 26.5 Å². The summed E-state index contributed by atoms with van der Waals surface area (Å²) in [5, 5.41) is 12.4. The molecule has 2 aromatic heterocycles. The molecular weight excluding hydrogens is 250 g/mol. The van der Waals surface area contributed by atoms with Crippen molar-refractivity contribution in [2.24, 2.45) is 0 Å². The Balaban J connectivity index is 1.68. The molecule has 0 fully saturated rings. The van der Waals surface area contributed by atoms with Crippen molar-refractivity contribution in [2.75, 3.05) is 6.54 Å². The number of nitrogens with one attached hydrogen (secondary N) is 1. The first-order valence-corrected chi connectivity index (χ1v) is 6.73. The molecule has 5 heteroatoms. The third kappa shape index (κ3) is 2.83. The molecule has 20 heavy (non-hydrogen) atoms. The van der Waals surface area contributed by atoms with Crippen LogP contribution in [0.5, 0.6) is 0 Å². The maximum atomic E-state index is 4.56. The summed E-state index contributed by atoms with van der Waals surface area (Å²) >= 11 is 0. The molecule has 0 amide bonds. The third-order valence-corrected chi connectivity index (χ3v) is 3.23. The SMILES string of the molecule is Cc1cc(CNCCn2ccnn2)c2ccccc2n1. The van der Waals surface area contributed by atoms with Gasteiger partial charge in [-0.25, -0.2) is 0 Å². The maximum Gasteiger partial charge on any atom is 0.0708 e. The predicted octanol–water partition coefficient (Wildman–Crippen LogP) is 1.92. The highest BCUT2D eigenvalue weighted by Crippen LogP contribution is 2.17. The molecule has 0 bridgehead atoms. The Morgan fingerprint density at radius 2 is 2.15 bits per heavy atom. The van der Waals surface area contributed by atoms with E-state index in [-0.39, 0.29) is 0 Å². The van der Waals surface area contributed by atoms with E-state index >= 15 is 0 Å². The van der Waals surface area contributed by atoms with E-state index in [4.69, 9.17) is 0 Å². The molecule has 0 aliphatic rings. The molecule has 0 aliphatic heterocycles. The smallest absolute Gasteiger partial charge is 0.0708 e. The summed E-state index contributed by atoms with van der Waals surface area (Å²) in [6, 6.07) is 10.4. The number of nitrogens with zero attached hydrogens (tertiary/aromatic N) is 4. The molecular formula is C15H17N5. The van der Waals surface area contributed by atoms with Gasteiger partial charge in [-0.1, -0.05) is 23.4 Å². The van der Waals surface area contributed by atoms with Crippen LogP contribution in [0.25, 0.3) is 10.9 Å². The van der Waals surface area contributed by atoms with Gasteiger partial charge in [0.25, 0.3) is 0 Å². The zero-order valence-electron chi connectivity index (χ0n) is 11.5. The molecule has 0 spiro atoms. The molecule has 0 saturated heterocycles. The molecule has 1 N–H and O–H groups in total. The van der Waals surface area contributed by atoms with Gasteiger partial charge in [0.15, 0.2) is 0 Å². The highest BCUT2D eigenvalue weighted by Gasteiger charge is 2.03. The van der Waals surface area contributed by atoms with Crippen molar-refractivity contribution in [3.05, 3.63) is 54.0 Å². The second-order valence-corrected chi connectivity index (χ2v) is 4.78. The second-order valence-electron chi connectivity index (χ2n) is 4.78. The first-order chi connectivity index (χ1) is 9.83. The average molecular weight is 267 g/mol. The largest absolute Gasteiger partial charge is 0.311 e. The van der Waals surface area contributed by atoms with E-state index in [1.165, 1.54) is 10.9 Å². The minimum Gasteiger partial charge on any atom is -0.311 e. The molecule has 0 radical (unpaired) electrons. The van der Waals surface area contributed by atoms with Crippen LogP contribution in [0.15, 0.2) is 42.7 Å². The second kappa shape index (κ2) is 5.79. The third-order valence-electron chi connectivity index (χ3n) is 3.23. The highest BCUT2D eigenvalue weighted by atomic mass is 15.4. The summed E-state index contributed by atoms with van der Waals surface area (Å²) in [6.45, 7) is 4.55. The van der Waals surface area contributed by atoms with Gasteiger partial charge in [-0.3, -0.25) is 9.67 Å². The van der Waals surface area contributed by atoms with Crippen molar-refractivity contribution >= 4 is 10.9 Å². The summed E-state index contributed by atoms with van der Waals surface area (Å²) in [7, 11) is 0. The van der Waals surface area contributed by atoms with Gasteiger partial charge in [0, 0.05) is 30.4 Å². The van der Waals surface area contributed by atoms with Crippen LogP contribution in [0.4, 0.5) is 0 Å². The van der Waals surface area contributed by atoms with Crippen molar-refractivity contribution in [1.29, 1.82) is 0 Å². The minimum absolute atomic E-state index is 0.821. The van der Waals surface area contributed by atoms with Crippen LogP contribution in [0, 0.1) is 6.92 Å². The molecule has 0 saturated carbocycles. The van der Waals surface area contributed by atoms with Gasteiger partial charge in [-0.2, -0.15) is 0 Å². The number of aryl methyl sites for hydroxylation is 1. The van der Waals surface area contributed by atoms with E-state index in [2.05, 4.69) is 44.9 Å². The van der Waals surface area contributed by atoms with Gasteiger partial charge >= 0.3 is 0 Å². The van der Waals surface area contributed by atoms with E-state index in [1.807, 2.05) is 23.9 Å². The van der Waals surface area contributed by atoms with Crippen LogP contribution in [0.3, 0.4) is 0 Å². The van der Waals surface area contributed by atoms with Crippen LogP contribution >= 0.6 is 0 Å². The lowest BCUT2D eigenvalue weighted by Gasteiger charge is -2.09. The number of para-hydroxylation sites is 1. The van der Waals surface area contributed by atoms with Gasteiger partial charge < -0.3 is 5.32 Å². The lowest BCUT2D eigenvalue weighted by molar-refractivity contribution is 0.541. The van der Waals surface area contributed by atoms with E-state index in [9.17, 15) is 0 Å². The van der Waals surface area contributed by atoms with Gasteiger partial charge in [0.05, 0.1) is 18.3 Å². The molecule has 0 atom stereocenters. The zero-order valence-corrected chi connectivity index (χ0v) is 11.5. The zero-order chi connectivity index (χ0) is 13.8. The predicted molar refractivity (Wildman–Crippen MR) is 78.2 cm³/mol. The Morgan fingerprint density at radius 3 is 3.00 bits per heavy atom. The molecule has 5 nitrogen and oxygen atoms in total. The highest BCUT2D eigenvalue weighted by molar-refractivity contribution is 5.82. The Morgan fingerprint density at radius 1 is 1.25 bits per heavy atom. The fourth-order valence-electron chi connectivity index (χ4n) is 2.31. The van der Waals surface area contributed by atoms with Crippen LogP contribution in [0.1, 0.15) is 11.3 Å². The van der Waals surface area contributed by atoms with Gasteiger partial charge in [-0.05, 0) is 24.6 Å². The fourth-order valence-corrected chi connectivity index (χ4v) is 2.31. The number of benzene rings is 1. The molecule has 0 unspecified atom stereocenters. The molecule has 2 heterocycles. The lowest BCUT2D eigenvalue weighted by atomic mass is 10.1. The molecule has 1 aromatic carbocycles. The van der Waals surface area contributed by atoms with Gasteiger partial charge in [0.1, 0.15) is 0 Å². The number of rotatable bonds is 5. The standard InChI is InChI=1S/C15H17N5/c1-12-10-13(14-4-2-3-5-15(14)18-12)11-16-6-8-20-9-7-17-19-20/h2-5,7,9-10,16H,6,8,11H2,1H3. The summed E-state index contributed by atoms with van der Waals surface area (Å²) < 4.78 is 1.82. The van der Waals surface area contributed by atoms with Crippen molar-refractivity contribution in [3.63, 3.8) is 0 Å². The summed E-state index contributed by atoms with van der Waals surface area (Å²) in [5.41, 5.74) is 3.39. The first-order valence-electron chi connectivity index (χ1n) is 6.73. The molecule has 3 rings (SSSR count). The summed E-state index contributed by atoms with van der Waals surface area (Å²) in [4.78, 5) is 4.56. The Bertz CT molecular complexity index is 691.